The van der Waals surface area contributed by atoms with E-state index in [-0.39, 0.29) is 11.7 Å². The zero-order chi connectivity index (χ0) is 14.3. The molecule has 5 nitrogen and oxygen atoms in total. The Morgan fingerprint density at radius 3 is 2.75 bits per heavy atom. The number of hydrogen-bond donors (Lipinski definition) is 1. The molecule has 1 aliphatic rings. The molecule has 1 unspecified atom stereocenters. The Bertz CT molecular complexity index is 672. The first-order chi connectivity index (χ1) is 9.47. The van der Waals surface area contributed by atoms with E-state index in [1.807, 2.05) is 38.1 Å². The van der Waals surface area contributed by atoms with E-state index in [9.17, 15) is 4.79 Å². The zero-order valence-corrected chi connectivity index (χ0v) is 12.9. The van der Waals surface area contributed by atoms with E-state index in [0.717, 1.165) is 16.5 Å². The highest BCUT2D eigenvalue weighted by Crippen LogP contribution is 2.33. The molecule has 2 aromatic rings. The Balaban J connectivity index is 1.96. The number of ether oxygens (including phenoxy) is 1. The first-order valence-electron chi connectivity index (χ1n) is 6.52. The lowest BCUT2D eigenvalue weighted by molar-refractivity contribution is -0.770. The third kappa shape index (κ3) is 2.33. The van der Waals surface area contributed by atoms with E-state index in [2.05, 4.69) is 21.2 Å². The summed E-state index contributed by atoms with van der Waals surface area (Å²) in [4.78, 5) is 11.8. The molecule has 0 radical (unpaired) electrons. The second-order valence-electron chi connectivity index (χ2n) is 5.44. The summed E-state index contributed by atoms with van der Waals surface area (Å²) in [5.74, 6) is 0. The largest absolute Gasteiger partial charge is 0.433 e. The van der Waals surface area contributed by atoms with Crippen LogP contribution in [0, 0.1) is 0 Å². The smallest absolute Gasteiger partial charge is 0.356 e. The first-order valence-corrected chi connectivity index (χ1v) is 7.32. The van der Waals surface area contributed by atoms with E-state index in [4.69, 9.17) is 9.26 Å². The van der Waals surface area contributed by atoms with Crippen molar-refractivity contribution in [1.82, 2.24) is 5.27 Å². The predicted octanol–water partition coefficient (Wildman–Crippen LogP) is 2.41. The highest BCUT2D eigenvalue weighted by atomic mass is 79.9. The van der Waals surface area contributed by atoms with Crippen LogP contribution in [-0.2, 0) is 16.9 Å². The van der Waals surface area contributed by atoms with E-state index in [1.165, 1.54) is 0 Å². The van der Waals surface area contributed by atoms with Crippen molar-refractivity contribution >= 4 is 15.9 Å². The molecule has 0 saturated carbocycles. The Labute approximate surface area is 124 Å². The molecule has 0 saturated heterocycles. The zero-order valence-electron chi connectivity index (χ0n) is 11.4. The minimum atomic E-state index is -0.700. The lowest BCUT2D eigenvalue weighted by atomic mass is 10.0. The minimum absolute atomic E-state index is 0.0502. The van der Waals surface area contributed by atoms with Crippen LogP contribution in [-0.4, -0.2) is 5.27 Å². The highest BCUT2D eigenvalue weighted by Gasteiger charge is 2.43. The fourth-order valence-electron chi connectivity index (χ4n) is 2.66. The van der Waals surface area contributed by atoms with Gasteiger partial charge in [-0.05, 0) is 36.8 Å². The van der Waals surface area contributed by atoms with Crippen molar-refractivity contribution in [2.75, 3.05) is 0 Å². The second kappa shape index (κ2) is 4.86. The molecule has 1 aromatic heterocycles. The summed E-state index contributed by atoms with van der Waals surface area (Å²) < 4.78 is 13.8. The van der Waals surface area contributed by atoms with Gasteiger partial charge in [0.2, 0.25) is 0 Å². The molecule has 6 heteroatoms. The normalized spacial score (nSPS) is 21.2. The van der Waals surface area contributed by atoms with Crippen molar-refractivity contribution in [1.29, 1.82) is 0 Å². The predicted molar refractivity (Wildman–Crippen MR) is 75.1 cm³/mol. The summed E-state index contributed by atoms with van der Waals surface area (Å²) >= 11 is 3.43. The number of aromatic amines is 1. The van der Waals surface area contributed by atoms with E-state index in [1.54, 1.807) is 4.68 Å². The molecule has 1 aromatic carbocycles. The Hall–Kier alpha value is -1.40. The van der Waals surface area contributed by atoms with Gasteiger partial charge in [-0.15, -0.1) is 0 Å². The molecule has 1 atom stereocenters. The molecule has 106 valence electrons. The van der Waals surface area contributed by atoms with Crippen molar-refractivity contribution in [3.05, 3.63) is 50.4 Å². The molecule has 1 N–H and O–H groups in total. The maximum absolute atomic E-state index is 11.8. The number of halogens is 1. The van der Waals surface area contributed by atoms with Crippen molar-refractivity contribution in [3.63, 3.8) is 0 Å². The van der Waals surface area contributed by atoms with Gasteiger partial charge >= 0.3 is 11.3 Å². The van der Waals surface area contributed by atoms with Gasteiger partial charge in [0.1, 0.15) is 0 Å². The van der Waals surface area contributed by atoms with Crippen molar-refractivity contribution in [2.45, 2.75) is 38.5 Å². The monoisotopic (exact) mass is 339 g/mol. The quantitative estimate of drug-likeness (QED) is 0.811. The van der Waals surface area contributed by atoms with E-state index in [0.29, 0.717) is 12.2 Å². The molecule has 0 aliphatic carbocycles. The summed E-state index contributed by atoms with van der Waals surface area (Å²) in [6.45, 7) is 4.44. The second-order valence-corrected chi connectivity index (χ2v) is 6.35. The number of nitrogens with zero attached hydrogens (tertiary/aromatic N) is 1. The van der Waals surface area contributed by atoms with Gasteiger partial charge in [-0.25, -0.2) is 4.79 Å². The number of H-pyrrole nitrogens is 1. The molecular weight excluding hydrogens is 324 g/mol. The SMILES string of the molecule is CC1(C)OC(c2ccc(Br)cc2)CC[n+]2[nH]oc(=O)c21. The third-order valence-electron chi connectivity index (χ3n) is 3.58. The standard InChI is InChI=1S/C14H15BrN2O3/c1-14(2)12-13(18)20-16-17(12)8-7-11(19-14)9-3-5-10(15)6-4-9/h3-6,11H,7-8H2,1-2H3/p+1. The fourth-order valence-corrected chi connectivity index (χ4v) is 2.92. The Morgan fingerprint density at radius 2 is 2.05 bits per heavy atom. The Kier molecular flexibility index (Phi) is 3.30. The summed E-state index contributed by atoms with van der Waals surface area (Å²) in [7, 11) is 0. The number of rotatable bonds is 1. The fraction of sp³-hybridized carbons (Fsp3) is 0.429. The van der Waals surface area contributed by atoms with E-state index >= 15 is 0 Å². The van der Waals surface area contributed by atoms with Gasteiger partial charge in [0.15, 0.2) is 12.1 Å². The van der Waals surface area contributed by atoms with Crippen molar-refractivity contribution in [3.8, 4) is 0 Å². The molecule has 0 fully saturated rings. The molecular formula is C14H16BrN2O3+. The topological polar surface area (TPSA) is 59.1 Å². The summed E-state index contributed by atoms with van der Waals surface area (Å²) in [5.41, 5.74) is 0.564. The van der Waals surface area contributed by atoms with Gasteiger partial charge in [0.05, 0.1) is 6.10 Å². The molecule has 20 heavy (non-hydrogen) atoms. The molecule has 1 aliphatic heterocycles. The van der Waals surface area contributed by atoms with Crippen LogP contribution in [0.2, 0.25) is 0 Å². The number of nitrogens with one attached hydrogen (secondary N) is 1. The molecule has 3 rings (SSSR count). The van der Waals surface area contributed by atoms with Crippen LogP contribution in [0.3, 0.4) is 0 Å². The van der Waals surface area contributed by atoms with Crippen LogP contribution in [0.1, 0.15) is 37.6 Å². The molecule has 0 bridgehead atoms. The summed E-state index contributed by atoms with van der Waals surface area (Å²) in [6.07, 6.45) is 0.726. The Morgan fingerprint density at radius 1 is 1.35 bits per heavy atom. The van der Waals surface area contributed by atoms with Crippen LogP contribution in [0.15, 0.2) is 38.1 Å². The summed E-state index contributed by atoms with van der Waals surface area (Å²) in [5, 5.41) is 2.64. The number of hydrogen-bond acceptors (Lipinski definition) is 3. The minimum Gasteiger partial charge on any atom is -0.356 e. The van der Waals surface area contributed by atoms with Gasteiger partial charge in [-0.3, -0.25) is 4.52 Å². The van der Waals surface area contributed by atoms with Crippen LogP contribution in [0.25, 0.3) is 0 Å². The number of fused-ring (bicyclic) bond motifs is 1. The molecule has 0 spiro atoms. The average molecular weight is 340 g/mol. The maximum Gasteiger partial charge on any atom is 0.433 e. The first kappa shape index (κ1) is 13.6. The van der Waals surface area contributed by atoms with Crippen molar-refractivity contribution in [2.24, 2.45) is 0 Å². The average Bonchev–Trinajstić information content (AvgIpc) is 2.71. The van der Waals surface area contributed by atoms with Crippen LogP contribution in [0.5, 0.6) is 0 Å². The van der Waals surface area contributed by atoms with Gasteiger partial charge in [-0.1, -0.05) is 32.7 Å². The molecule has 0 amide bonds. The highest BCUT2D eigenvalue weighted by molar-refractivity contribution is 9.10. The van der Waals surface area contributed by atoms with Crippen LogP contribution in [0.4, 0.5) is 0 Å². The van der Waals surface area contributed by atoms with Gasteiger partial charge in [0, 0.05) is 10.9 Å². The van der Waals surface area contributed by atoms with Gasteiger partial charge < -0.3 is 4.74 Å². The molecule has 2 heterocycles. The third-order valence-corrected chi connectivity index (χ3v) is 4.10. The van der Waals surface area contributed by atoms with Gasteiger partial charge in [-0.2, -0.15) is 0 Å². The van der Waals surface area contributed by atoms with Crippen LogP contribution >= 0.6 is 15.9 Å². The lowest BCUT2D eigenvalue weighted by Crippen LogP contribution is -2.45. The summed E-state index contributed by atoms with van der Waals surface area (Å²) in [6, 6.07) is 8.07. The number of aromatic nitrogens is 2. The van der Waals surface area contributed by atoms with Crippen molar-refractivity contribution < 1.29 is 13.9 Å². The number of aryl methyl sites for hydroxylation is 1. The van der Waals surface area contributed by atoms with Crippen LogP contribution < -0.4 is 10.3 Å². The maximum atomic E-state index is 11.8. The lowest BCUT2D eigenvalue weighted by Gasteiger charge is -2.24. The number of benzene rings is 1. The van der Waals surface area contributed by atoms with Gasteiger partial charge in [0.25, 0.3) is 0 Å². The van der Waals surface area contributed by atoms with E-state index < -0.39 is 5.60 Å².